The Kier molecular flexibility index (Phi) is 6.77. The van der Waals surface area contributed by atoms with Crippen LogP contribution in [0, 0.1) is 0 Å². The topological polar surface area (TPSA) is 125 Å². The van der Waals surface area contributed by atoms with Gasteiger partial charge in [-0.1, -0.05) is 26.3 Å². The lowest BCUT2D eigenvalue weighted by Crippen LogP contribution is -2.24. The number of rotatable bonds is 7. The van der Waals surface area contributed by atoms with Crippen molar-refractivity contribution in [2.24, 2.45) is 16.5 Å². The fourth-order valence-corrected chi connectivity index (χ4v) is 3.95. The van der Waals surface area contributed by atoms with Gasteiger partial charge in [-0.2, -0.15) is 4.99 Å². The first-order valence-corrected chi connectivity index (χ1v) is 9.61. The van der Waals surface area contributed by atoms with Crippen molar-refractivity contribution in [1.29, 1.82) is 0 Å². The number of hydrogen-bond donors (Lipinski definition) is 2. The summed E-state index contributed by atoms with van der Waals surface area (Å²) in [5, 5.41) is 0. The van der Waals surface area contributed by atoms with E-state index in [2.05, 4.69) is 4.99 Å². The zero-order valence-corrected chi connectivity index (χ0v) is 15.3. The molecular formula is C16H25N3O4S. The minimum Gasteiger partial charge on any atom is -0.495 e. The van der Waals surface area contributed by atoms with Crippen molar-refractivity contribution >= 4 is 21.7 Å². The molecule has 1 aromatic carbocycles. The summed E-state index contributed by atoms with van der Waals surface area (Å²) in [6.45, 7) is 4.04. The molecule has 0 aliphatic carbocycles. The van der Waals surface area contributed by atoms with E-state index < -0.39 is 21.7 Å². The lowest BCUT2D eigenvalue weighted by atomic mass is 9.91. The molecule has 0 saturated heterocycles. The maximum absolute atomic E-state index is 12.4. The number of methoxy groups -OCH3 is 1. The molecule has 1 atom stereocenters. The number of amides is 1. The number of hydrogen-bond acceptors (Lipinski definition) is 4. The van der Waals surface area contributed by atoms with Crippen molar-refractivity contribution in [2.45, 2.75) is 43.9 Å². The highest BCUT2D eigenvalue weighted by atomic mass is 32.2. The Hall–Kier alpha value is -2.09. The van der Waals surface area contributed by atoms with Gasteiger partial charge >= 0.3 is 0 Å². The molecular weight excluding hydrogens is 330 g/mol. The molecule has 134 valence electrons. The van der Waals surface area contributed by atoms with Crippen molar-refractivity contribution in [3.05, 3.63) is 23.3 Å². The first kappa shape index (κ1) is 20.0. The number of carbonyl (C=O) groups excluding carboxylic acids is 1. The molecule has 0 bridgehead atoms. The third kappa shape index (κ3) is 4.47. The molecule has 0 heterocycles. The molecule has 0 aromatic heterocycles. The molecule has 0 saturated carbocycles. The van der Waals surface area contributed by atoms with Gasteiger partial charge in [0, 0.05) is 6.26 Å². The van der Waals surface area contributed by atoms with Gasteiger partial charge in [-0.3, -0.25) is 4.79 Å². The maximum atomic E-state index is 12.4. The second kappa shape index (κ2) is 8.14. The number of nitrogens with zero attached hydrogens (tertiary/aromatic N) is 1. The van der Waals surface area contributed by atoms with Gasteiger partial charge in [-0.15, -0.1) is 0 Å². The van der Waals surface area contributed by atoms with Crippen LogP contribution in [-0.2, 0) is 9.84 Å². The largest absolute Gasteiger partial charge is 0.495 e. The van der Waals surface area contributed by atoms with Crippen molar-refractivity contribution in [1.82, 2.24) is 0 Å². The highest BCUT2D eigenvalue weighted by Crippen LogP contribution is 2.38. The maximum Gasteiger partial charge on any atom is 0.283 e. The summed E-state index contributed by atoms with van der Waals surface area (Å²) in [6, 6.07) is 3.16. The molecule has 1 rings (SSSR count). The third-order valence-corrected chi connectivity index (χ3v) is 4.91. The fraction of sp³-hybridized carbons (Fsp3) is 0.500. The van der Waals surface area contributed by atoms with Gasteiger partial charge < -0.3 is 16.2 Å². The third-order valence-electron chi connectivity index (χ3n) is 3.75. The number of guanidine groups is 1. The fourth-order valence-electron chi connectivity index (χ4n) is 2.76. The summed E-state index contributed by atoms with van der Waals surface area (Å²) >= 11 is 0. The molecule has 1 unspecified atom stereocenters. The van der Waals surface area contributed by atoms with Gasteiger partial charge in [0.2, 0.25) is 0 Å². The molecule has 0 aliphatic heterocycles. The second-order valence-electron chi connectivity index (χ2n) is 5.57. The number of carbonyl (C=O) groups is 1. The van der Waals surface area contributed by atoms with Crippen LogP contribution in [0.2, 0.25) is 0 Å². The van der Waals surface area contributed by atoms with E-state index in [-0.39, 0.29) is 22.1 Å². The van der Waals surface area contributed by atoms with Gasteiger partial charge in [0.05, 0.1) is 12.7 Å². The Bertz CT molecular complexity index is 738. The zero-order chi connectivity index (χ0) is 18.5. The summed E-state index contributed by atoms with van der Waals surface area (Å²) in [7, 11) is -2.30. The van der Waals surface area contributed by atoms with E-state index in [1.807, 2.05) is 13.8 Å². The van der Waals surface area contributed by atoms with Crippen molar-refractivity contribution in [2.75, 3.05) is 13.4 Å². The van der Waals surface area contributed by atoms with Crippen molar-refractivity contribution in [3.63, 3.8) is 0 Å². The zero-order valence-electron chi connectivity index (χ0n) is 14.5. The van der Waals surface area contributed by atoms with Gasteiger partial charge in [-0.25, -0.2) is 8.42 Å². The lowest BCUT2D eigenvalue weighted by molar-refractivity contribution is 0.0999. The van der Waals surface area contributed by atoms with Gasteiger partial charge in [0.1, 0.15) is 4.90 Å². The first-order chi connectivity index (χ1) is 11.2. The van der Waals surface area contributed by atoms with Gasteiger partial charge in [-0.05, 0) is 30.4 Å². The van der Waals surface area contributed by atoms with Gasteiger partial charge in [0.15, 0.2) is 21.5 Å². The summed E-state index contributed by atoms with van der Waals surface area (Å²) < 4.78 is 30.0. The molecule has 8 heteroatoms. The van der Waals surface area contributed by atoms with Crippen molar-refractivity contribution in [3.8, 4) is 5.75 Å². The van der Waals surface area contributed by atoms with E-state index in [4.69, 9.17) is 16.2 Å². The van der Waals surface area contributed by atoms with Crippen LogP contribution in [0.4, 0.5) is 0 Å². The molecule has 4 N–H and O–H groups in total. The summed E-state index contributed by atoms with van der Waals surface area (Å²) in [4.78, 5) is 15.7. The van der Waals surface area contributed by atoms with E-state index in [1.165, 1.54) is 13.2 Å². The van der Waals surface area contributed by atoms with E-state index in [9.17, 15) is 13.2 Å². The predicted octanol–water partition coefficient (Wildman–Crippen LogP) is 1.81. The lowest BCUT2D eigenvalue weighted by Gasteiger charge is -2.21. The van der Waals surface area contributed by atoms with Crippen LogP contribution in [0.1, 0.15) is 54.9 Å². The number of ether oxygens (including phenoxy) is 1. The average Bonchev–Trinajstić information content (AvgIpc) is 2.49. The van der Waals surface area contributed by atoms with E-state index >= 15 is 0 Å². The quantitative estimate of drug-likeness (QED) is 0.567. The highest BCUT2D eigenvalue weighted by Gasteiger charge is 2.28. The minimum atomic E-state index is -3.62. The van der Waals surface area contributed by atoms with Crippen LogP contribution in [0.5, 0.6) is 5.75 Å². The Morgan fingerprint density at radius 3 is 2.33 bits per heavy atom. The molecule has 0 fully saturated rings. The molecule has 0 radical (unpaired) electrons. The van der Waals surface area contributed by atoms with E-state index in [1.54, 1.807) is 6.07 Å². The van der Waals surface area contributed by atoms with Crippen LogP contribution in [-0.4, -0.2) is 33.7 Å². The smallest absolute Gasteiger partial charge is 0.283 e. The molecule has 24 heavy (non-hydrogen) atoms. The summed E-state index contributed by atoms with van der Waals surface area (Å²) in [6.07, 6.45) is 3.63. The first-order valence-electron chi connectivity index (χ1n) is 7.72. The average molecular weight is 355 g/mol. The number of sulfone groups is 1. The van der Waals surface area contributed by atoms with E-state index in [0.29, 0.717) is 5.56 Å². The molecule has 1 aromatic rings. The summed E-state index contributed by atoms with van der Waals surface area (Å²) in [5.41, 5.74) is 11.1. The predicted molar refractivity (Wildman–Crippen MR) is 94.2 cm³/mol. The molecule has 0 aliphatic rings. The number of benzene rings is 1. The van der Waals surface area contributed by atoms with Crippen LogP contribution >= 0.6 is 0 Å². The standard InChI is InChI=1S/C16H25N3O4S/c1-5-7-10(6-2)11-8-9-12(15(20)19-16(17)18)13(23-3)14(11)24(4,21)22/h8-10H,5-7H2,1-4H3,(H4,17,18,19,20). The Balaban J connectivity index is 3.73. The van der Waals surface area contributed by atoms with Crippen LogP contribution < -0.4 is 16.2 Å². The van der Waals surface area contributed by atoms with Crippen LogP contribution in [0.25, 0.3) is 0 Å². The minimum absolute atomic E-state index is 0.0143. The molecule has 7 nitrogen and oxygen atoms in total. The Morgan fingerprint density at radius 2 is 1.92 bits per heavy atom. The second-order valence-corrected chi connectivity index (χ2v) is 7.53. The number of aliphatic imine (C=N–C) groups is 1. The Morgan fingerprint density at radius 1 is 1.29 bits per heavy atom. The van der Waals surface area contributed by atoms with Crippen LogP contribution in [0.3, 0.4) is 0 Å². The van der Waals surface area contributed by atoms with Gasteiger partial charge in [0.25, 0.3) is 5.91 Å². The molecule has 1 amide bonds. The summed E-state index contributed by atoms with van der Waals surface area (Å²) in [5.74, 6) is -1.10. The monoisotopic (exact) mass is 355 g/mol. The van der Waals surface area contributed by atoms with Crippen molar-refractivity contribution < 1.29 is 17.9 Å². The van der Waals surface area contributed by atoms with Crippen LogP contribution in [0.15, 0.2) is 22.0 Å². The molecule has 0 spiro atoms. The SMILES string of the molecule is CCCC(CC)c1ccc(C(=O)N=C(N)N)c(OC)c1S(C)(=O)=O. The normalized spacial score (nSPS) is 12.5. The number of nitrogens with two attached hydrogens (primary N) is 2. The Labute approximate surface area is 143 Å². The highest BCUT2D eigenvalue weighted by molar-refractivity contribution is 7.90. The van der Waals surface area contributed by atoms with E-state index in [0.717, 1.165) is 25.5 Å².